The van der Waals surface area contributed by atoms with Crippen molar-refractivity contribution in [3.05, 3.63) is 23.8 Å². The van der Waals surface area contributed by atoms with Gasteiger partial charge in [0.2, 0.25) is 0 Å². The second-order valence-electron chi connectivity index (χ2n) is 4.82. The molecule has 0 fully saturated rings. The second kappa shape index (κ2) is 5.60. The number of anilines is 1. The van der Waals surface area contributed by atoms with Crippen molar-refractivity contribution >= 4 is 17.6 Å². The Bertz CT molecular complexity index is 497. The molecular formula is C13H18N2O4. The van der Waals surface area contributed by atoms with Gasteiger partial charge < -0.3 is 20.9 Å². The highest BCUT2D eigenvalue weighted by atomic mass is 16.5. The summed E-state index contributed by atoms with van der Waals surface area (Å²) in [6.07, 6.45) is 0. The molecule has 0 aromatic heterocycles. The van der Waals surface area contributed by atoms with Gasteiger partial charge >= 0.3 is 5.97 Å². The summed E-state index contributed by atoms with van der Waals surface area (Å²) in [6, 6.07) is 4.70. The van der Waals surface area contributed by atoms with Crippen LogP contribution in [0.25, 0.3) is 0 Å². The van der Waals surface area contributed by atoms with Crippen molar-refractivity contribution in [1.29, 1.82) is 0 Å². The van der Waals surface area contributed by atoms with Crippen LogP contribution in [0.5, 0.6) is 5.75 Å². The topological polar surface area (TPSA) is 102 Å². The van der Waals surface area contributed by atoms with E-state index >= 15 is 0 Å². The minimum absolute atomic E-state index is 0.0205. The third kappa shape index (κ3) is 3.61. The van der Waals surface area contributed by atoms with Crippen LogP contribution in [0.3, 0.4) is 0 Å². The maximum atomic E-state index is 11.9. The van der Waals surface area contributed by atoms with Crippen LogP contribution < -0.4 is 15.8 Å². The molecule has 0 saturated heterocycles. The smallest absolute Gasteiger partial charge is 0.310 e. The predicted molar refractivity (Wildman–Crippen MR) is 71.2 cm³/mol. The molecule has 0 spiro atoms. The van der Waals surface area contributed by atoms with Gasteiger partial charge in [-0.3, -0.25) is 9.59 Å². The molecule has 0 heterocycles. The number of methoxy groups -OCH3 is 1. The van der Waals surface area contributed by atoms with E-state index in [-0.39, 0.29) is 12.2 Å². The van der Waals surface area contributed by atoms with Crippen molar-refractivity contribution in [2.75, 3.05) is 19.4 Å². The first-order valence-electron chi connectivity index (χ1n) is 5.73. The Balaban J connectivity index is 2.77. The third-order valence-corrected chi connectivity index (χ3v) is 2.77. The van der Waals surface area contributed by atoms with Gasteiger partial charge in [-0.15, -0.1) is 0 Å². The number of amides is 1. The van der Waals surface area contributed by atoms with Crippen LogP contribution in [-0.4, -0.2) is 30.6 Å². The number of rotatable bonds is 5. The molecule has 0 aliphatic heterocycles. The number of carbonyl (C=O) groups excluding carboxylic acids is 1. The lowest BCUT2D eigenvalue weighted by molar-refractivity contribution is -0.146. The van der Waals surface area contributed by atoms with E-state index in [1.54, 1.807) is 6.07 Å². The number of hydrogen-bond donors (Lipinski definition) is 3. The summed E-state index contributed by atoms with van der Waals surface area (Å²) in [5.41, 5.74) is 5.28. The number of nitrogens with one attached hydrogen (secondary N) is 1. The van der Waals surface area contributed by atoms with Crippen LogP contribution in [0.15, 0.2) is 18.2 Å². The lowest BCUT2D eigenvalue weighted by Crippen LogP contribution is -2.39. The molecule has 1 rings (SSSR count). The Hall–Kier alpha value is -2.24. The van der Waals surface area contributed by atoms with Gasteiger partial charge in [0.15, 0.2) is 0 Å². The van der Waals surface area contributed by atoms with Gasteiger partial charge in [-0.25, -0.2) is 0 Å². The van der Waals surface area contributed by atoms with E-state index in [0.717, 1.165) is 0 Å². The first kappa shape index (κ1) is 14.8. The molecule has 0 unspecified atom stereocenters. The summed E-state index contributed by atoms with van der Waals surface area (Å²) in [5, 5.41) is 11.5. The highest BCUT2D eigenvalue weighted by Crippen LogP contribution is 2.20. The van der Waals surface area contributed by atoms with Crippen LogP contribution >= 0.6 is 0 Å². The van der Waals surface area contributed by atoms with Crippen molar-refractivity contribution in [2.45, 2.75) is 13.8 Å². The first-order valence-corrected chi connectivity index (χ1v) is 5.73. The average Bonchev–Trinajstić information content (AvgIpc) is 2.35. The molecule has 0 radical (unpaired) electrons. The van der Waals surface area contributed by atoms with Gasteiger partial charge in [-0.1, -0.05) is 0 Å². The largest absolute Gasteiger partial charge is 0.497 e. The van der Waals surface area contributed by atoms with E-state index in [1.165, 1.54) is 33.1 Å². The number of carboxylic acids is 1. The number of nitrogens with two attached hydrogens (primary N) is 1. The van der Waals surface area contributed by atoms with E-state index in [0.29, 0.717) is 11.3 Å². The van der Waals surface area contributed by atoms with E-state index in [2.05, 4.69) is 5.32 Å². The quantitative estimate of drug-likeness (QED) is 0.693. The molecule has 0 saturated carbocycles. The standard InChI is InChI=1S/C13H18N2O4/c1-13(2,12(17)18)7-15-11(16)9-5-4-8(19-3)6-10(9)14/h4-6H,7,14H2,1-3H3,(H,15,16)(H,17,18). The molecule has 1 aromatic rings. The first-order chi connectivity index (χ1) is 8.77. The molecule has 0 aliphatic rings. The highest BCUT2D eigenvalue weighted by molar-refractivity contribution is 5.99. The van der Waals surface area contributed by atoms with Crippen LogP contribution in [0.2, 0.25) is 0 Å². The molecule has 19 heavy (non-hydrogen) atoms. The van der Waals surface area contributed by atoms with Crippen molar-refractivity contribution in [3.8, 4) is 5.75 Å². The highest BCUT2D eigenvalue weighted by Gasteiger charge is 2.27. The summed E-state index contributed by atoms with van der Waals surface area (Å²) in [5.74, 6) is -0.829. The molecule has 0 atom stereocenters. The van der Waals surface area contributed by atoms with Gasteiger partial charge in [0, 0.05) is 18.3 Å². The van der Waals surface area contributed by atoms with Gasteiger partial charge in [-0.2, -0.15) is 0 Å². The van der Waals surface area contributed by atoms with Crippen molar-refractivity contribution < 1.29 is 19.4 Å². The zero-order valence-electron chi connectivity index (χ0n) is 11.2. The van der Waals surface area contributed by atoms with Crippen LogP contribution in [0, 0.1) is 5.41 Å². The van der Waals surface area contributed by atoms with Crippen molar-refractivity contribution in [2.24, 2.45) is 5.41 Å². The number of ether oxygens (including phenoxy) is 1. The lowest BCUT2D eigenvalue weighted by atomic mass is 9.94. The molecule has 104 valence electrons. The molecular weight excluding hydrogens is 248 g/mol. The molecule has 1 aromatic carbocycles. The molecule has 6 nitrogen and oxygen atoms in total. The Morgan fingerprint density at radius 1 is 1.42 bits per heavy atom. The minimum Gasteiger partial charge on any atom is -0.497 e. The normalized spacial score (nSPS) is 10.9. The summed E-state index contributed by atoms with van der Waals surface area (Å²) >= 11 is 0. The summed E-state index contributed by atoms with van der Waals surface area (Å²) in [4.78, 5) is 22.8. The maximum Gasteiger partial charge on any atom is 0.310 e. The number of carboxylic acid groups (broad SMARTS) is 1. The molecule has 0 bridgehead atoms. The fourth-order valence-corrected chi connectivity index (χ4v) is 1.35. The molecule has 0 aliphatic carbocycles. The number of hydrogen-bond acceptors (Lipinski definition) is 4. The summed E-state index contributed by atoms with van der Waals surface area (Å²) in [6.45, 7) is 3.09. The number of aliphatic carboxylic acids is 1. The van der Waals surface area contributed by atoms with E-state index in [9.17, 15) is 9.59 Å². The maximum absolute atomic E-state index is 11.9. The fourth-order valence-electron chi connectivity index (χ4n) is 1.35. The van der Waals surface area contributed by atoms with E-state index in [4.69, 9.17) is 15.6 Å². The van der Waals surface area contributed by atoms with E-state index < -0.39 is 17.3 Å². The molecule has 6 heteroatoms. The summed E-state index contributed by atoms with van der Waals surface area (Å²) in [7, 11) is 1.50. The molecule has 4 N–H and O–H groups in total. The Morgan fingerprint density at radius 2 is 2.05 bits per heavy atom. The van der Waals surface area contributed by atoms with Gasteiger partial charge in [0.25, 0.3) is 5.91 Å². The van der Waals surface area contributed by atoms with Gasteiger partial charge in [0.1, 0.15) is 5.75 Å². The monoisotopic (exact) mass is 266 g/mol. The number of carbonyl (C=O) groups is 2. The third-order valence-electron chi connectivity index (χ3n) is 2.77. The Morgan fingerprint density at radius 3 is 2.53 bits per heavy atom. The van der Waals surface area contributed by atoms with Crippen molar-refractivity contribution in [1.82, 2.24) is 5.32 Å². The number of nitrogen functional groups attached to an aromatic ring is 1. The lowest BCUT2D eigenvalue weighted by Gasteiger charge is -2.19. The zero-order chi connectivity index (χ0) is 14.6. The van der Waals surface area contributed by atoms with Crippen LogP contribution in [0.1, 0.15) is 24.2 Å². The van der Waals surface area contributed by atoms with Crippen LogP contribution in [-0.2, 0) is 4.79 Å². The fraction of sp³-hybridized carbons (Fsp3) is 0.385. The second-order valence-corrected chi connectivity index (χ2v) is 4.82. The SMILES string of the molecule is COc1ccc(C(=O)NCC(C)(C)C(=O)O)c(N)c1. The number of benzene rings is 1. The Labute approximate surface area is 111 Å². The zero-order valence-corrected chi connectivity index (χ0v) is 11.2. The van der Waals surface area contributed by atoms with Crippen molar-refractivity contribution in [3.63, 3.8) is 0 Å². The average molecular weight is 266 g/mol. The minimum atomic E-state index is -1.03. The van der Waals surface area contributed by atoms with E-state index in [1.807, 2.05) is 0 Å². The molecule has 1 amide bonds. The van der Waals surface area contributed by atoms with Crippen LogP contribution in [0.4, 0.5) is 5.69 Å². The Kier molecular flexibility index (Phi) is 4.37. The van der Waals surface area contributed by atoms with Gasteiger partial charge in [0.05, 0.1) is 18.1 Å². The summed E-state index contributed by atoms with van der Waals surface area (Å²) < 4.78 is 4.99. The van der Waals surface area contributed by atoms with Gasteiger partial charge in [-0.05, 0) is 26.0 Å². The predicted octanol–water partition coefficient (Wildman–Crippen LogP) is 1.12.